The van der Waals surface area contributed by atoms with Crippen LogP contribution in [0.1, 0.15) is 6.92 Å². The number of carbonyl (C=O) groups excluding carboxylic acids is 3. The molecule has 0 saturated carbocycles. The van der Waals surface area contributed by atoms with Crippen LogP contribution in [-0.2, 0) is 23.9 Å². The van der Waals surface area contributed by atoms with E-state index in [-0.39, 0.29) is 13.2 Å². The molecule has 0 atom stereocenters. The number of carbonyl (C=O) groups is 3. The number of ether oxygens (including phenoxy) is 3. The van der Waals surface area contributed by atoms with Crippen molar-refractivity contribution in [2.24, 2.45) is 0 Å². The number of esters is 1. The number of benzene rings is 1. The molecule has 0 spiro atoms. The molecule has 0 radical (unpaired) electrons. The van der Waals surface area contributed by atoms with Crippen LogP contribution in [0, 0.1) is 0 Å². The molecule has 0 unspecified atom stereocenters. The third-order valence-corrected chi connectivity index (χ3v) is 2.57. The lowest BCUT2D eigenvalue weighted by atomic mass is 10.3. The van der Waals surface area contributed by atoms with Crippen LogP contribution in [-0.4, -0.2) is 44.2 Å². The minimum atomic E-state index is -0.685. The lowest BCUT2D eigenvalue weighted by Crippen LogP contribution is -2.45. The van der Waals surface area contributed by atoms with Gasteiger partial charge in [-0.15, -0.1) is 0 Å². The van der Waals surface area contributed by atoms with Gasteiger partial charge in [-0.2, -0.15) is 0 Å². The topological polar surface area (TPSA) is 103 Å². The highest BCUT2D eigenvalue weighted by molar-refractivity contribution is 6.30. The van der Waals surface area contributed by atoms with Crippen LogP contribution in [0.4, 0.5) is 0 Å². The molecule has 0 aliphatic heterocycles. The predicted molar refractivity (Wildman–Crippen MR) is 80.7 cm³/mol. The summed E-state index contributed by atoms with van der Waals surface area (Å²) in [4.78, 5) is 33.9. The van der Waals surface area contributed by atoms with Gasteiger partial charge < -0.3 is 14.2 Å². The van der Waals surface area contributed by atoms with Crippen molar-refractivity contribution in [1.82, 2.24) is 10.9 Å². The first-order chi connectivity index (χ1) is 11.0. The smallest absolute Gasteiger partial charge is 0.332 e. The zero-order valence-electron chi connectivity index (χ0n) is 12.5. The van der Waals surface area contributed by atoms with Crippen LogP contribution in [0.3, 0.4) is 0 Å². The third kappa shape index (κ3) is 8.64. The van der Waals surface area contributed by atoms with Crippen molar-refractivity contribution < 1.29 is 28.6 Å². The van der Waals surface area contributed by atoms with Crippen LogP contribution >= 0.6 is 11.6 Å². The standard InChI is InChI=1S/C14H17ClN2O6/c1-2-21-9-14(20)23-8-13(19)17-16-12(18)7-22-11-5-3-10(15)4-6-11/h3-6H,2,7-9H2,1H3,(H,16,18)(H,17,19). The molecule has 0 saturated heterocycles. The van der Waals surface area contributed by atoms with Crippen LogP contribution in [0.5, 0.6) is 5.75 Å². The van der Waals surface area contributed by atoms with Crippen LogP contribution < -0.4 is 15.6 Å². The molecule has 1 aromatic carbocycles. The van der Waals surface area contributed by atoms with E-state index in [4.69, 9.17) is 21.1 Å². The summed E-state index contributed by atoms with van der Waals surface area (Å²) in [5.41, 5.74) is 4.20. The summed E-state index contributed by atoms with van der Waals surface area (Å²) < 4.78 is 14.6. The molecule has 2 amide bonds. The Morgan fingerprint density at radius 3 is 2.22 bits per heavy atom. The molecule has 9 heteroatoms. The van der Waals surface area contributed by atoms with Gasteiger partial charge in [-0.25, -0.2) is 4.79 Å². The highest BCUT2D eigenvalue weighted by Gasteiger charge is 2.09. The summed E-state index contributed by atoms with van der Waals surface area (Å²) in [5.74, 6) is -1.47. The second-order valence-corrected chi connectivity index (χ2v) is 4.57. The van der Waals surface area contributed by atoms with Crippen molar-refractivity contribution in [3.8, 4) is 5.75 Å². The predicted octanol–water partition coefficient (Wildman–Crippen LogP) is 0.446. The molecule has 2 N–H and O–H groups in total. The van der Waals surface area contributed by atoms with Crippen molar-refractivity contribution in [3.63, 3.8) is 0 Å². The van der Waals surface area contributed by atoms with E-state index in [1.807, 2.05) is 0 Å². The first-order valence-corrected chi connectivity index (χ1v) is 7.08. The van der Waals surface area contributed by atoms with E-state index in [0.29, 0.717) is 17.4 Å². The Morgan fingerprint density at radius 1 is 1.00 bits per heavy atom. The Morgan fingerprint density at radius 2 is 1.61 bits per heavy atom. The number of hydrogen-bond acceptors (Lipinski definition) is 6. The van der Waals surface area contributed by atoms with Crippen molar-refractivity contribution in [3.05, 3.63) is 29.3 Å². The van der Waals surface area contributed by atoms with Gasteiger partial charge in [0, 0.05) is 11.6 Å². The van der Waals surface area contributed by atoms with Crippen LogP contribution in [0.25, 0.3) is 0 Å². The van der Waals surface area contributed by atoms with Gasteiger partial charge in [0.2, 0.25) is 0 Å². The van der Waals surface area contributed by atoms with Crippen molar-refractivity contribution >= 4 is 29.4 Å². The summed E-state index contributed by atoms with van der Waals surface area (Å²) in [6.45, 7) is 1.04. The Hall–Kier alpha value is -2.32. The lowest BCUT2D eigenvalue weighted by Gasteiger charge is -2.09. The van der Waals surface area contributed by atoms with Crippen molar-refractivity contribution in [1.29, 1.82) is 0 Å². The van der Waals surface area contributed by atoms with Gasteiger partial charge in [0.25, 0.3) is 11.8 Å². The maximum absolute atomic E-state index is 11.5. The van der Waals surface area contributed by atoms with E-state index in [2.05, 4.69) is 15.6 Å². The maximum atomic E-state index is 11.5. The molecule has 23 heavy (non-hydrogen) atoms. The summed E-state index contributed by atoms with van der Waals surface area (Å²) in [6, 6.07) is 6.44. The van der Waals surface area contributed by atoms with Gasteiger partial charge in [-0.1, -0.05) is 11.6 Å². The molecular weight excluding hydrogens is 328 g/mol. The molecule has 1 aromatic rings. The molecule has 0 heterocycles. The molecule has 0 aliphatic rings. The second kappa shape index (κ2) is 10.4. The highest BCUT2D eigenvalue weighted by atomic mass is 35.5. The first kappa shape index (κ1) is 18.7. The minimum Gasteiger partial charge on any atom is -0.484 e. The molecule has 8 nitrogen and oxygen atoms in total. The number of nitrogens with one attached hydrogen (secondary N) is 2. The fraction of sp³-hybridized carbons (Fsp3) is 0.357. The number of halogens is 1. The number of hydrazine groups is 1. The fourth-order valence-corrected chi connectivity index (χ4v) is 1.39. The largest absolute Gasteiger partial charge is 0.484 e. The summed E-state index contributed by atoms with van der Waals surface area (Å²) in [7, 11) is 0. The van der Waals surface area contributed by atoms with Gasteiger partial charge in [0.05, 0.1) is 0 Å². The number of rotatable bonds is 8. The Bertz CT molecular complexity index is 535. The first-order valence-electron chi connectivity index (χ1n) is 6.70. The molecule has 1 rings (SSSR count). The van der Waals surface area contributed by atoms with Crippen LogP contribution in [0.2, 0.25) is 5.02 Å². The summed E-state index contributed by atoms with van der Waals surface area (Å²) >= 11 is 5.71. The number of amides is 2. The van der Waals surface area contributed by atoms with Crippen LogP contribution in [0.15, 0.2) is 24.3 Å². The zero-order chi connectivity index (χ0) is 17.1. The average Bonchev–Trinajstić information content (AvgIpc) is 2.55. The Kier molecular flexibility index (Phi) is 8.48. The maximum Gasteiger partial charge on any atom is 0.332 e. The SMILES string of the molecule is CCOCC(=O)OCC(=O)NNC(=O)COc1ccc(Cl)cc1. The van der Waals surface area contributed by atoms with Crippen molar-refractivity contribution in [2.75, 3.05) is 26.4 Å². The average molecular weight is 345 g/mol. The Balaban J connectivity index is 2.16. The van der Waals surface area contributed by atoms with Gasteiger partial charge >= 0.3 is 5.97 Å². The van der Waals surface area contributed by atoms with E-state index >= 15 is 0 Å². The van der Waals surface area contributed by atoms with Gasteiger partial charge in [0.15, 0.2) is 13.2 Å². The van der Waals surface area contributed by atoms with E-state index in [9.17, 15) is 14.4 Å². The van der Waals surface area contributed by atoms with Gasteiger partial charge in [-0.05, 0) is 31.2 Å². The molecule has 0 bridgehead atoms. The fourth-order valence-electron chi connectivity index (χ4n) is 1.26. The monoisotopic (exact) mass is 344 g/mol. The van der Waals surface area contributed by atoms with Gasteiger partial charge in [0.1, 0.15) is 12.4 Å². The van der Waals surface area contributed by atoms with Gasteiger partial charge in [-0.3, -0.25) is 20.4 Å². The normalized spacial score (nSPS) is 9.83. The molecule has 126 valence electrons. The third-order valence-electron chi connectivity index (χ3n) is 2.31. The molecule has 0 aromatic heterocycles. The quantitative estimate of drug-likeness (QED) is 0.524. The zero-order valence-corrected chi connectivity index (χ0v) is 13.2. The molecule has 0 fully saturated rings. The summed E-state index contributed by atoms with van der Waals surface area (Å²) in [5, 5.41) is 0.549. The second-order valence-electron chi connectivity index (χ2n) is 4.14. The Labute approximate surface area is 138 Å². The van der Waals surface area contributed by atoms with E-state index in [1.54, 1.807) is 31.2 Å². The highest BCUT2D eigenvalue weighted by Crippen LogP contribution is 2.15. The lowest BCUT2D eigenvalue weighted by molar-refractivity contribution is -0.153. The molecular formula is C14H17ClN2O6. The molecule has 0 aliphatic carbocycles. The minimum absolute atomic E-state index is 0.231. The number of hydrogen-bond donors (Lipinski definition) is 2. The van der Waals surface area contributed by atoms with E-state index in [1.165, 1.54) is 0 Å². The summed E-state index contributed by atoms with van der Waals surface area (Å²) in [6.07, 6.45) is 0. The van der Waals surface area contributed by atoms with E-state index < -0.39 is 24.4 Å². The van der Waals surface area contributed by atoms with Crippen molar-refractivity contribution in [2.45, 2.75) is 6.92 Å². The van der Waals surface area contributed by atoms with E-state index in [0.717, 1.165) is 0 Å².